The average molecular weight is 361 g/mol. The van der Waals surface area contributed by atoms with Crippen LogP contribution in [-0.2, 0) is 20.9 Å². The molecule has 3 atom stereocenters. The maximum Gasteiger partial charge on any atom is 0.332 e. The standard InChI is InChI=1S/C23H23NO3/c25-22-14-20-18(9-6-12-26-16-17-7-2-1-3-8-17)13-19-15-23(20,27-22)21-10-4-5-11-24(19)21/h1-3,7-8,13-14,19,21H,4-5,10-12,15-16H2/t19-,21-,23+/m1/s1. The molecule has 1 aromatic rings. The minimum absolute atomic E-state index is 0.217. The van der Waals surface area contributed by atoms with Crippen LogP contribution in [0.4, 0.5) is 0 Å². The van der Waals surface area contributed by atoms with E-state index in [-0.39, 0.29) is 5.97 Å². The van der Waals surface area contributed by atoms with Gasteiger partial charge in [-0.1, -0.05) is 54.7 Å². The number of hydrogen-bond donors (Lipinski definition) is 0. The molecule has 0 aromatic heterocycles. The molecule has 2 bridgehead atoms. The van der Waals surface area contributed by atoms with Crippen LogP contribution < -0.4 is 0 Å². The van der Waals surface area contributed by atoms with E-state index in [1.807, 2.05) is 30.3 Å². The molecule has 4 heteroatoms. The van der Waals surface area contributed by atoms with Crippen LogP contribution in [0, 0.1) is 11.8 Å². The number of benzene rings is 1. The van der Waals surface area contributed by atoms with Crippen molar-refractivity contribution in [2.24, 2.45) is 0 Å². The maximum absolute atomic E-state index is 12.1. The number of nitrogens with zero attached hydrogens (tertiary/aromatic N) is 1. The van der Waals surface area contributed by atoms with E-state index >= 15 is 0 Å². The molecule has 2 saturated heterocycles. The predicted octanol–water partition coefficient (Wildman–Crippen LogP) is 3.00. The zero-order valence-electron chi connectivity index (χ0n) is 15.3. The number of piperidine rings is 1. The van der Waals surface area contributed by atoms with Gasteiger partial charge in [0.2, 0.25) is 0 Å². The van der Waals surface area contributed by atoms with Gasteiger partial charge in [0.1, 0.15) is 6.61 Å². The summed E-state index contributed by atoms with van der Waals surface area (Å²) in [6, 6.07) is 10.7. The highest BCUT2D eigenvalue weighted by molar-refractivity contribution is 5.90. The summed E-state index contributed by atoms with van der Waals surface area (Å²) in [6.07, 6.45) is 8.30. The van der Waals surface area contributed by atoms with Crippen molar-refractivity contribution in [3.05, 3.63) is 59.2 Å². The van der Waals surface area contributed by atoms with E-state index in [4.69, 9.17) is 9.47 Å². The Morgan fingerprint density at radius 2 is 2.15 bits per heavy atom. The molecule has 0 radical (unpaired) electrons. The normalized spacial score (nSPS) is 31.2. The third kappa shape index (κ3) is 2.82. The molecular formula is C23H23NO3. The van der Waals surface area contributed by atoms with Gasteiger partial charge in [-0.2, -0.15) is 0 Å². The van der Waals surface area contributed by atoms with Gasteiger partial charge in [-0.05, 0) is 24.9 Å². The van der Waals surface area contributed by atoms with Crippen LogP contribution in [0.15, 0.2) is 53.6 Å². The Labute approximate surface area is 159 Å². The number of carbonyl (C=O) groups is 1. The van der Waals surface area contributed by atoms with Crippen LogP contribution in [0.25, 0.3) is 0 Å². The molecule has 4 nitrogen and oxygen atoms in total. The fourth-order valence-electron chi connectivity index (χ4n) is 5.10. The zero-order chi connectivity index (χ0) is 18.3. The third-order valence-electron chi connectivity index (χ3n) is 6.18. The van der Waals surface area contributed by atoms with Gasteiger partial charge in [0.15, 0.2) is 5.60 Å². The summed E-state index contributed by atoms with van der Waals surface area (Å²) >= 11 is 0. The van der Waals surface area contributed by atoms with E-state index in [1.165, 1.54) is 12.8 Å². The summed E-state index contributed by atoms with van der Waals surface area (Å²) in [5, 5.41) is 0. The highest BCUT2D eigenvalue weighted by Crippen LogP contribution is 2.53. The molecule has 5 rings (SSSR count). The van der Waals surface area contributed by atoms with Crippen LogP contribution in [0.1, 0.15) is 31.2 Å². The quantitative estimate of drug-likeness (QED) is 0.471. The first-order chi connectivity index (χ1) is 13.3. The van der Waals surface area contributed by atoms with Crippen molar-refractivity contribution in [1.29, 1.82) is 0 Å². The number of fused-ring (bicyclic) bond motifs is 3. The SMILES string of the molecule is O=C1C=C2C(C#CCOCc3ccccc3)=C[C@@H]3C[C@@]2(O1)[C@H]1CCCCN31. The van der Waals surface area contributed by atoms with Gasteiger partial charge in [0.05, 0.1) is 12.6 Å². The lowest BCUT2D eigenvalue weighted by atomic mass is 9.77. The summed E-state index contributed by atoms with van der Waals surface area (Å²) < 4.78 is 11.6. The predicted molar refractivity (Wildman–Crippen MR) is 102 cm³/mol. The molecule has 0 N–H and O–H groups in total. The summed E-state index contributed by atoms with van der Waals surface area (Å²) in [7, 11) is 0. The highest BCUT2D eigenvalue weighted by Gasteiger charge is 2.61. The molecule has 0 amide bonds. The van der Waals surface area contributed by atoms with Crippen molar-refractivity contribution >= 4 is 5.97 Å². The number of esters is 1. The van der Waals surface area contributed by atoms with Crippen LogP contribution in [0.3, 0.4) is 0 Å². The lowest BCUT2D eigenvalue weighted by Crippen LogP contribution is -2.48. The Hall–Kier alpha value is -2.35. The van der Waals surface area contributed by atoms with E-state index in [9.17, 15) is 4.79 Å². The van der Waals surface area contributed by atoms with Crippen LogP contribution >= 0.6 is 0 Å². The fraction of sp³-hybridized carbons (Fsp3) is 0.435. The number of ether oxygens (including phenoxy) is 2. The summed E-state index contributed by atoms with van der Waals surface area (Å²) in [6.45, 7) is 2.01. The average Bonchev–Trinajstić information content (AvgIpc) is 3.17. The molecule has 27 heavy (non-hydrogen) atoms. The monoisotopic (exact) mass is 361 g/mol. The summed E-state index contributed by atoms with van der Waals surface area (Å²) in [5.41, 5.74) is 2.62. The second-order valence-corrected chi connectivity index (χ2v) is 7.75. The van der Waals surface area contributed by atoms with Gasteiger partial charge in [-0.3, -0.25) is 4.90 Å². The van der Waals surface area contributed by atoms with Gasteiger partial charge >= 0.3 is 5.97 Å². The summed E-state index contributed by atoms with van der Waals surface area (Å²) in [5.74, 6) is 6.18. The Kier molecular flexibility index (Phi) is 4.15. The first kappa shape index (κ1) is 16.8. The third-order valence-corrected chi connectivity index (χ3v) is 6.18. The number of rotatable bonds is 3. The molecule has 0 unspecified atom stereocenters. The van der Waals surface area contributed by atoms with Crippen molar-refractivity contribution in [1.82, 2.24) is 4.90 Å². The molecule has 1 spiro atoms. The topological polar surface area (TPSA) is 38.8 Å². The van der Waals surface area contributed by atoms with E-state index in [0.717, 1.165) is 36.1 Å². The molecule has 138 valence electrons. The molecule has 4 aliphatic rings. The van der Waals surface area contributed by atoms with E-state index in [2.05, 4.69) is 22.8 Å². The van der Waals surface area contributed by atoms with E-state index in [0.29, 0.717) is 25.3 Å². The van der Waals surface area contributed by atoms with Crippen LogP contribution in [0.5, 0.6) is 0 Å². The van der Waals surface area contributed by atoms with Gasteiger partial charge in [-0.25, -0.2) is 4.79 Å². The van der Waals surface area contributed by atoms with Crippen molar-refractivity contribution in [2.45, 2.75) is 50.0 Å². The Balaban J connectivity index is 1.33. The Morgan fingerprint density at radius 1 is 1.26 bits per heavy atom. The second-order valence-electron chi connectivity index (χ2n) is 7.75. The molecule has 2 fully saturated rings. The van der Waals surface area contributed by atoms with Gasteiger partial charge in [0, 0.05) is 29.7 Å². The number of carbonyl (C=O) groups excluding carboxylic acids is 1. The number of hydrogen-bond acceptors (Lipinski definition) is 4. The Morgan fingerprint density at radius 3 is 3.04 bits per heavy atom. The molecule has 0 saturated carbocycles. The molecule has 1 aliphatic carbocycles. The van der Waals surface area contributed by atoms with Crippen molar-refractivity contribution < 1.29 is 14.3 Å². The minimum atomic E-state index is -0.466. The first-order valence-electron chi connectivity index (χ1n) is 9.80. The molecular weight excluding hydrogens is 338 g/mol. The van der Waals surface area contributed by atoms with Crippen molar-refractivity contribution in [3.8, 4) is 11.8 Å². The van der Waals surface area contributed by atoms with Crippen LogP contribution in [-0.4, -0.2) is 41.7 Å². The largest absolute Gasteiger partial charge is 0.449 e. The fourth-order valence-corrected chi connectivity index (χ4v) is 5.10. The van der Waals surface area contributed by atoms with E-state index < -0.39 is 5.60 Å². The van der Waals surface area contributed by atoms with Crippen LogP contribution in [0.2, 0.25) is 0 Å². The smallest absolute Gasteiger partial charge is 0.332 e. The van der Waals surface area contributed by atoms with Crippen molar-refractivity contribution in [2.75, 3.05) is 13.2 Å². The molecule has 1 aromatic carbocycles. The lowest BCUT2D eigenvalue weighted by Gasteiger charge is -2.38. The second kappa shape index (κ2) is 6.67. The first-order valence-corrected chi connectivity index (χ1v) is 9.80. The summed E-state index contributed by atoms with van der Waals surface area (Å²) in [4.78, 5) is 14.7. The maximum atomic E-state index is 12.1. The van der Waals surface area contributed by atoms with Crippen molar-refractivity contribution in [3.63, 3.8) is 0 Å². The molecule has 3 heterocycles. The van der Waals surface area contributed by atoms with Gasteiger partial charge < -0.3 is 9.47 Å². The Bertz CT molecular complexity index is 876. The highest BCUT2D eigenvalue weighted by atomic mass is 16.6. The van der Waals surface area contributed by atoms with Gasteiger partial charge in [0.25, 0.3) is 0 Å². The zero-order valence-corrected chi connectivity index (χ0v) is 15.3. The van der Waals surface area contributed by atoms with E-state index in [1.54, 1.807) is 6.08 Å². The lowest BCUT2D eigenvalue weighted by molar-refractivity contribution is -0.148. The molecule has 3 aliphatic heterocycles. The van der Waals surface area contributed by atoms with Gasteiger partial charge in [-0.15, -0.1) is 0 Å². The minimum Gasteiger partial charge on any atom is -0.449 e.